The summed E-state index contributed by atoms with van der Waals surface area (Å²) >= 11 is 0. The Kier molecular flexibility index (Phi) is 3.26. The van der Waals surface area contributed by atoms with Crippen molar-refractivity contribution in [2.45, 2.75) is 32.2 Å². The summed E-state index contributed by atoms with van der Waals surface area (Å²) in [5, 5.41) is 10.8. The third kappa shape index (κ3) is 2.31. The first-order valence-electron chi connectivity index (χ1n) is 6.05. The van der Waals surface area contributed by atoms with Gasteiger partial charge in [0.1, 0.15) is 5.75 Å². The largest absolute Gasteiger partial charge is 0.496 e. The molecule has 5 nitrogen and oxygen atoms in total. The van der Waals surface area contributed by atoms with E-state index >= 15 is 0 Å². The first kappa shape index (κ1) is 12.8. The number of methoxy groups -OCH3 is 1. The van der Waals surface area contributed by atoms with Crippen molar-refractivity contribution in [2.75, 3.05) is 7.11 Å². The molecule has 1 aromatic carbocycles. The van der Waals surface area contributed by atoms with Gasteiger partial charge >= 0.3 is 0 Å². The van der Waals surface area contributed by atoms with Crippen LogP contribution in [0.4, 0.5) is 5.69 Å². The van der Waals surface area contributed by atoms with Crippen LogP contribution < -0.4 is 10.5 Å². The van der Waals surface area contributed by atoms with E-state index in [-0.39, 0.29) is 22.1 Å². The maximum absolute atomic E-state index is 10.8. The molecule has 0 bridgehead atoms. The highest BCUT2D eigenvalue weighted by Crippen LogP contribution is 2.51. The fraction of sp³-hybridized carbons (Fsp3) is 0.538. The quantitative estimate of drug-likeness (QED) is 0.642. The van der Waals surface area contributed by atoms with E-state index in [0.29, 0.717) is 5.75 Å². The van der Waals surface area contributed by atoms with Crippen molar-refractivity contribution < 1.29 is 9.66 Å². The van der Waals surface area contributed by atoms with Gasteiger partial charge in [-0.2, -0.15) is 0 Å². The predicted molar refractivity (Wildman–Crippen MR) is 68.7 cm³/mol. The zero-order valence-electron chi connectivity index (χ0n) is 10.7. The normalized spacial score (nSPS) is 18.2. The van der Waals surface area contributed by atoms with Crippen LogP contribution in [-0.2, 0) is 6.42 Å². The highest BCUT2D eigenvalue weighted by atomic mass is 16.6. The van der Waals surface area contributed by atoms with Crippen LogP contribution >= 0.6 is 0 Å². The molecule has 0 aliphatic heterocycles. The molecule has 1 aliphatic carbocycles. The summed E-state index contributed by atoms with van der Waals surface area (Å²) in [6.45, 7) is 2.00. The van der Waals surface area contributed by atoms with Crippen molar-refractivity contribution in [3.05, 3.63) is 33.9 Å². The summed E-state index contributed by atoms with van der Waals surface area (Å²) in [7, 11) is 1.58. The van der Waals surface area contributed by atoms with Crippen LogP contribution in [0.25, 0.3) is 0 Å². The van der Waals surface area contributed by atoms with Crippen LogP contribution in [0.15, 0.2) is 18.2 Å². The van der Waals surface area contributed by atoms with Gasteiger partial charge in [-0.25, -0.2) is 0 Å². The number of benzene rings is 1. The Labute approximate surface area is 106 Å². The smallest absolute Gasteiger partial charge is 0.269 e. The highest BCUT2D eigenvalue weighted by molar-refractivity contribution is 5.44. The van der Waals surface area contributed by atoms with Crippen molar-refractivity contribution in [3.8, 4) is 5.75 Å². The molecule has 0 saturated heterocycles. The molecule has 1 atom stereocenters. The molecule has 2 rings (SSSR count). The zero-order valence-corrected chi connectivity index (χ0v) is 10.7. The van der Waals surface area contributed by atoms with Crippen molar-refractivity contribution >= 4 is 5.69 Å². The van der Waals surface area contributed by atoms with E-state index in [1.165, 1.54) is 6.07 Å². The van der Waals surface area contributed by atoms with Gasteiger partial charge in [0, 0.05) is 23.7 Å². The first-order valence-corrected chi connectivity index (χ1v) is 6.05. The number of rotatable bonds is 5. The number of hydrogen-bond acceptors (Lipinski definition) is 4. The molecule has 2 N–H and O–H groups in total. The number of hydrogen-bond donors (Lipinski definition) is 1. The van der Waals surface area contributed by atoms with E-state index in [9.17, 15) is 10.1 Å². The average molecular weight is 250 g/mol. The number of nitrogens with zero attached hydrogens (tertiary/aromatic N) is 1. The molecule has 0 heterocycles. The Balaban J connectivity index is 2.30. The van der Waals surface area contributed by atoms with E-state index < -0.39 is 0 Å². The van der Waals surface area contributed by atoms with Crippen molar-refractivity contribution in [1.82, 2.24) is 0 Å². The number of nitro benzene ring substituents is 1. The van der Waals surface area contributed by atoms with Crippen LogP contribution in [0.3, 0.4) is 0 Å². The molecule has 0 aromatic heterocycles. The fourth-order valence-electron chi connectivity index (χ4n) is 2.35. The Morgan fingerprint density at radius 1 is 1.56 bits per heavy atom. The van der Waals surface area contributed by atoms with Crippen molar-refractivity contribution in [3.63, 3.8) is 0 Å². The third-order valence-electron chi connectivity index (χ3n) is 3.88. The number of nitro groups is 1. The second-order valence-corrected chi connectivity index (χ2v) is 5.08. The Morgan fingerprint density at radius 3 is 2.67 bits per heavy atom. The van der Waals surface area contributed by atoms with Gasteiger partial charge in [-0.15, -0.1) is 0 Å². The van der Waals surface area contributed by atoms with Crippen molar-refractivity contribution in [2.24, 2.45) is 11.1 Å². The monoisotopic (exact) mass is 250 g/mol. The molecule has 18 heavy (non-hydrogen) atoms. The van der Waals surface area contributed by atoms with Crippen LogP contribution in [0.5, 0.6) is 5.75 Å². The van der Waals surface area contributed by atoms with Gasteiger partial charge in [-0.3, -0.25) is 10.1 Å². The van der Waals surface area contributed by atoms with E-state index in [1.54, 1.807) is 19.2 Å². The van der Waals surface area contributed by atoms with Gasteiger partial charge in [0.25, 0.3) is 5.69 Å². The molecular weight excluding hydrogens is 232 g/mol. The lowest BCUT2D eigenvalue weighted by atomic mass is 9.90. The maximum Gasteiger partial charge on any atom is 0.269 e. The van der Waals surface area contributed by atoms with Gasteiger partial charge in [0.2, 0.25) is 0 Å². The maximum atomic E-state index is 10.8. The third-order valence-corrected chi connectivity index (χ3v) is 3.88. The standard InChI is InChI=1S/C13H18N2O3/c1-9(14)13(5-6-13)8-10-7-11(15(16)17)3-4-12(10)18-2/h3-4,7,9H,5-6,8,14H2,1-2H3. The minimum Gasteiger partial charge on any atom is -0.496 e. The molecule has 0 spiro atoms. The number of non-ortho nitro benzene ring substituents is 1. The van der Waals surface area contributed by atoms with E-state index in [1.807, 2.05) is 6.92 Å². The van der Waals surface area contributed by atoms with Gasteiger partial charge in [-0.1, -0.05) is 0 Å². The Hall–Kier alpha value is -1.62. The van der Waals surface area contributed by atoms with Gasteiger partial charge in [0.05, 0.1) is 12.0 Å². The predicted octanol–water partition coefficient (Wildman–Crippen LogP) is 2.27. The van der Waals surface area contributed by atoms with Gasteiger partial charge in [0.15, 0.2) is 0 Å². The van der Waals surface area contributed by atoms with Gasteiger partial charge < -0.3 is 10.5 Å². The van der Waals surface area contributed by atoms with E-state index in [2.05, 4.69) is 0 Å². The van der Waals surface area contributed by atoms with Crippen LogP contribution in [-0.4, -0.2) is 18.1 Å². The van der Waals surface area contributed by atoms with Crippen molar-refractivity contribution in [1.29, 1.82) is 0 Å². The minimum atomic E-state index is -0.381. The lowest BCUT2D eigenvalue weighted by Gasteiger charge is -2.20. The molecule has 5 heteroatoms. The average Bonchev–Trinajstić information content (AvgIpc) is 3.10. The Bertz CT molecular complexity index is 467. The summed E-state index contributed by atoms with van der Waals surface area (Å²) in [4.78, 5) is 10.4. The molecule has 1 fully saturated rings. The van der Waals surface area contributed by atoms with Crippen LogP contribution in [0.1, 0.15) is 25.3 Å². The number of ether oxygens (including phenoxy) is 1. The van der Waals surface area contributed by atoms with Crippen LogP contribution in [0, 0.1) is 15.5 Å². The second-order valence-electron chi connectivity index (χ2n) is 5.08. The second kappa shape index (κ2) is 4.57. The summed E-state index contributed by atoms with van der Waals surface area (Å²) in [5.74, 6) is 0.701. The summed E-state index contributed by atoms with van der Waals surface area (Å²) in [5.41, 5.74) is 7.07. The molecule has 1 aliphatic rings. The minimum absolute atomic E-state index is 0.0986. The topological polar surface area (TPSA) is 78.4 Å². The van der Waals surface area contributed by atoms with E-state index in [4.69, 9.17) is 10.5 Å². The SMILES string of the molecule is COc1ccc([N+](=O)[O-])cc1CC1(C(C)N)CC1. The first-order chi connectivity index (χ1) is 8.48. The molecule has 1 saturated carbocycles. The van der Waals surface area contributed by atoms with Gasteiger partial charge in [-0.05, 0) is 37.7 Å². The highest BCUT2D eigenvalue weighted by Gasteiger charge is 2.46. The molecule has 98 valence electrons. The fourth-order valence-corrected chi connectivity index (χ4v) is 2.35. The van der Waals surface area contributed by atoms with Crippen LogP contribution in [0.2, 0.25) is 0 Å². The number of nitrogens with two attached hydrogens (primary N) is 1. The molecule has 0 radical (unpaired) electrons. The molecule has 0 amide bonds. The van der Waals surface area contributed by atoms with E-state index in [0.717, 1.165) is 24.8 Å². The molecule has 1 unspecified atom stereocenters. The molecular formula is C13H18N2O3. The lowest BCUT2D eigenvalue weighted by molar-refractivity contribution is -0.384. The summed E-state index contributed by atoms with van der Waals surface area (Å²) in [6, 6.07) is 4.82. The Morgan fingerprint density at radius 2 is 2.22 bits per heavy atom. The lowest BCUT2D eigenvalue weighted by Crippen LogP contribution is -2.29. The molecule has 1 aromatic rings. The summed E-state index contributed by atoms with van der Waals surface area (Å²) < 4.78 is 5.27. The summed E-state index contributed by atoms with van der Waals surface area (Å²) in [6.07, 6.45) is 2.91. The zero-order chi connectivity index (χ0) is 13.3.